The molecule has 1 N–H and O–H groups in total. The maximum absolute atomic E-state index is 12.6. The summed E-state index contributed by atoms with van der Waals surface area (Å²) in [6.07, 6.45) is -1.36. The standard InChI is InChI=1S/C14H26F3NO/c1-4-6-11-7-8-12(18-5-2)13(9-11)19-10(3)14(15,16)17/h10-13,18H,4-9H2,1-3H3. The van der Waals surface area contributed by atoms with Crippen molar-refractivity contribution in [1.29, 1.82) is 0 Å². The molecule has 0 spiro atoms. The summed E-state index contributed by atoms with van der Waals surface area (Å²) in [6.45, 7) is 5.96. The molecule has 114 valence electrons. The quantitative estimate of drug-likeness (QED) is 0.797. The highest BCUT2D eigenvalue weighted by atomic mass is 19.4. The molecular weight excluding hydrogens is 255 g/mol. The summed E-state index contributed by atoms with van der Waals surface area (Å²) >= 11 is 0. The number of ether oxygens (including phenoxy) is 1. The summed E-state index contributed by atoms with van der Waals surface area (Å²) in [5, 5.41) is 3.26. The van der Waals surface area contributed by atoms with Gasteiger partial charge >= 0.3 is 6.18 Å². The number of alkyl halides is 3. The van der Waals surface area contributed by atoms with E-state index in [0.717, 1.165) is 45.6 Å². The molecule has 0 amide bonds. The number of hydrogen-bond acceptors (Lipinski definition) is 2. The normalized spacial score (nSPS) is 30.3. The van der Waals surface area contributed by atoms with Gasteiger partial charge in [0.15, 0.2) is 6.10 Å². The Morgan fingerprint density at radius 1 is 1.26 bits per heavy atom. The predicted molar refractivity (Wildman–Crippen MR) is 70.1 cm³/mol. The highest BCUT2D eigenvalue weighted by Gasteiger charge is 2.41. The Morgan fingerprint density at radius 2 is 1.95 bits per heavy atom. The topological polar surface area (TPSA) is 21.3 Å². The van der Waals surface area contributed by atoms with Gasteiger partial charge in [0.2, 0.25) is 0 Å². The maximum Gasteiger partial charge on any atom is 0.414 e. The highest BCUT2D eigenvalue weighted by molar-refractivity contribution is 4.86. The van der Waals surface area contributed by atoms with Crippen LogP contribution in [0.4, 0.5) is 13.2 Å². The van der Waals surface area contributed by atoms with Crippen LogP contribution in [-0.2, 0) is 4.74 Å². The molecule has 0 aromatic carbocycles. The largest absolute Gasteiger partial charge is 0.414 e. The molecule has 5 heteroatoms. The third-order valence-corrected chi connectivity index (χ3v) is 3.90. The van der Waals surface area contributed by atoms with Gasteiger partial charge in [-0.1, -0.05) is 26.7 Å². The van der Waals surface area contributed by atoms with Crippen LogP contribution < -0.4 is 5.32 Å². The third-order valence-electron chi connectivity index (χ3n) is 3.90. The molecule has 1 aliphatic rings. The Morgan fingerprint density at radius 3 is 2.47 bits per heavy atom. The zero-order valence-corrected chi connectivity index (χ0v) is 12.1. The van der Waals surface area contributed by atoms with Crippen LogP contribution in [0.1, 0.15) is 52.9 Å². The SMILES string of the molecule is CCCC1CCC(NCC)C(OC(C)C(F)(F)F)C1. The Kier molecular flexibility index (Phi) is 6.60. The maximum atomic E-state index is 12.6. The second-order valence-corrected chi connectivity index (χ2v) is 5.49. The van der Waals surface area contributed by atoms with Crippen molar-refractivity contribution in [2.45, 2.75) is 77.3 Å². The molecule has 0 aromatic rings. The minimum Gasteiger partial charge on any atom is -0.364 e. The summed E-state index contributed by atoms with van der Waals surface area (Å²) in [6, 6.07) is 0.0582. The molecule has 0 aliphatic heterocycles. The fraction of sp³-hybridized carbons (Fsp3) is 1.00. The molecule has 0 bridgehead atoms. The first kappa shape index (κ1) is 16.8. The van der Waals surface area contributed by atoms with Crippen molar-refractivity contribution < 1.29 is 17.9 Å². The van der Waals surface area contributed by atoms with Crippen molar-refractivity contribution in [1.82, 2.24) is 5.32 Å². The molecule has 0 saturated heterocycles. The molecule has 0 radical (unpaired) electrons. The summed E-state index contributed by atoms with van der Waals surface area (Å²) < 4.78 is 43.2. The van der Waals surface area contributed by atoms with Crippen LogP contribution in [0, 0.1) is 5.92 Å². The van der Waals surface area contributed by atoms with Crippen molar-refractivity contribution in [2.75, 3.05) is 6.54 Å². The minimum atomic E-state index is -4.27. The van der Waals surface area contributed by atoms with Crippen LogP contribution in [-0.4, -0.2) is 31.0 Å². The number of halogens is 3. The smallest absolute Gasteiger partial charge is 0.364 e. The van der Waals surface area contributed by atoms with E-state index in [1.165, 1.54) is 0 Å². The van der Waals surface area contributed by atoms with Gasteiger partial charge in [0.1, 0.15) is 0 Å². The van der Waals surface area contributed by atoms with Gasteiger partial charge < -0.3 is 10.1 Å². The van der Waals surface area contributed by atoms with E-state index in [-0.39, 0.29) is 12.1 Å². The van der Waals surface area contributed by atoms with E-state index in [1.54, 1.807) is 0 Å². The van der Waals surface area contributed by atoms with Crippen molar-refractivity contribution >= 4 is 0 Å². The number of likely N-dealkylation sites (N-methyl/N-ethyl adjacent to an activating group) is 1. The highest BCUT2D eigenvalue weighted by Crippen LogP contribution is 2.33. The third kappa shape index (κ3) is 5.30. The predicted octanol–water partition coefficient (Wildman–Crippen LogP) is 3.90. The number of rotatable bonds is 6. The molecule has 1 aliphatic carbocycles. The lowest BCUT2D eigenvalue weighted by Gasteiger charge is -2.38. The first-order chi connectivity index (χ1) is 8.88. The van der Waals surface area contributed by atoms with Crippen LogP contribution in [0.5, 0.6) is 0 Å². The van der Waals surface area contributed by atoms with E-state index < -0.39 is 12.3 Å². The van der Waals surface area contributed by atoms with E-state index in [0.29, 0.717) is 5.92 Å². The summed E-state index contributed by atoms with van der Waals surface area (Å²) in [7, 11) is 0. The van der Waals surface area contributed by atoms with Crippen LogP contribution in [0.3, 0.4) is 0 Å². The molecule has 4 atom stereocenters. The summed E-state index contributed by atoms with van der Waals surface area (Å²) in [5.41, 5.74) is 0. The fourth-order valence-electron chi connectivity index (χ4n) is 2.87. The van der Waals surface area contributed by atoms with Gasteiger partial charge in [0.25, 0.3) is 0 Å². The first-order valence-electron chi connectivity index (χ1n) is 7.34. The average Bonchev–Trinajstić information content (AvgIpc) is 2.32. The Labute approximate surface area is 114 Å². The second-order valence-electron chi connectivity index (χ2n) is 5.49. The molecular formula is C14H26F3NO. The van der Waals surface area contributed by atoms with E-state index in [1.807, 2.05) is 6.92 Å². The molecule has 1 rings (SSSR count). The molecule has 0 aromatic heterocycles. The minimum absolute atomic E-state index is 0.0582. The van der Waals surface area contributed by atoms with Gasteiger partial charge in [-0.25, -0.2) is 0 Å². The van der Waals surface area contributed by atoms with Crippen molar-refractivity contribution in [3.05, 3.63) is 0 Å². The van der Waals surface area contributed by atoms with Gasteiger partial charge in [0.05, 0.1) is 6.10 Å². The summed E-state index contributed by atoms with van der Waals surface area (Å²) in [4.78, 5) is 0. The fourth-order valence-corrected chi connectivity index (χ4v) is 2.87. The number of nitrogens with one attached hydrogen (secondary N) is 1. The van der Waals surface area contributed by atoms with Gasteiger partial charge in [-0.15, -0.1) is 0 Å². The molecule has 4 unspecified atom stereocenters. The average molecular weight is 281 g/mol. The van der Waals surface area contributed by atoms with Gasteiger partial charge in [-0.3, -0.25) is 0 Å². The van der Waals surface area contributed by atoms with E-state index in [4.69, 9.17) is 4.74 Å². The molecule has 0 heterocycles. The molecule has 2 nitrogen and oxygen atoms in total. The zero-order chi connectivity index (χ0) is 14.5. The van der Waals surface area contributed by atoms with Crippen LogP contribution in [0.15, 0.2) is 0 Å². The van der Waals surface area contributed by atoms with Gasteiger partial charge in [-0.05, 0) is 38.6 Å². The number of hydrogen-bond donors (Lipinski definition) is 1. The Bertz CT molecular complexity index is 258. The van der Waals surface area contributed by atoms with Crippen molar-refractivity contribution in [3.63, 3.8) is 0 Å². The lowest BCUT2D eigenvalue weighted by atomic mass is 9.81. The van der Waals surface area contributed by atoms with Gasteiger partial charge in [-0.2, -0.15) is 13.2 Å². The lowest BCUT2D eigenvalue weighted by molar-refractivity contribution is -0.233. The summed E-state index contributed by atoms with van der Waals surface area (Å²) in [5.74, 6) is 0.505. The van der Waals surface area contributed by atoms with Gasteiger partial charge in [0, 0.05) is 6.04 Å². The van der Waals surface area contributed by atoms with Crippen LogP contribution in [0.2, 0.25) is 0 Å². The van der Waals surface area contributed by atoms with Crippen molar-refractivity contribution in [3.8, 4) is 0 Å². The first-order valence-corrected chi connectivity index (χ1v) is 7.34. The molecule has 1 saturated carbocycles. The molecule has 1 fully saturated rings. The van der Waals surface area contributed by atoms with E-state index in [2.05, 4.69) is 12.2 Å². The monoisotopic (exact) mass is 281 g/mol. The molecule has 19 heavy (non-hydrogen) atoms. The van der Waals surface area contributed by atoms with Crippen molar-refractivity contribution in [2.24, 2.45) is 5.92 Å². The van der Waals surface area contributed by atoms with E-state index >= 15 is 0 Å². The van der Waals surface area contributed by atoms with Crippen LogP contribution in [0.25, 0.3) is 0 Å². The lowest BCUT2D eigenvalue weighted by Crippen LogP contribution is -2.48. The Hall–Kier alpha value is -0.290. The second kappa shape index (κ2) is 7.48. The Balaban J connectivity index is 2.60. The van der Waals surface area contributed by atoms with Crippen LogP contribution >= 0.6 is 0 Å². The van der Waals surface area contributed by atoms with E-state index in [9.17, 15) is 13.2 Å². The zero-order valence-electron chi connectivity index (χ0n) is 12.1.